The van der Waals surface area contributed by atoms with Crippen molar-refractivity contribution in [2.24, 2.45) is 52.3 Å². The third-order valence-corrected chi connectivity index (χ3v) is 10.5. The summed E-state index contributed by atoms with van der Waals surface area (Å²) in [5.41, 5.74) is 0.00784. The van der Waals surface area contributed by atoms with Gasteiger partial charge in [0.15, 0.2) is 0 Å². The molecule has 4 saturated carbocycles. The van der Waals surface area contributed by atoms with Crippen LogP contribution in [0.5, 0.6) is 0 Å². The van der Waals surface area contributed by atoms with E-state index in [-0.39, 0.29) is 22.7 Å². The van der Waals surface area contributed by atoms with Gasteiger partial charge in [0.25, 0.3) is 0 Å². The highest BCUT2D eigenvalue weighted by Gasteiger charge is 2.63. The second-order valence-electron chi connectivity index (χ2n) is 11.5. The summed E-state index contributed by atoms with van der Waals surface area (Å²) in [5, 5.41) is 0. The Morgan fingerprint density at radius 1 is 1.17 bits per heavy atom. The Morgan fingerprint density at radius 2 is 1.93 bits per heavy atom. The molecule has 4 nitrogen and oxygen atoms in total. The van der Waals surface area contributed by atoms with E-state index in [4.69, 9.17) is 4.74 Å². The Kier molecular flexibility index (Phi) is 5.91. The highest BCUT2D eigenvalue weighted by atomic mass is 16.5. The van der Waals surface area contributed by atoms with E-state index < -0.39 is 0 Å². The number of fused-ring (bicyclic) bond motifs is 5. The van der Waals surface area contributed by atoms with Crippen molar-refractivity contribution in [3.8, 4) is 0 Å². The summed E-state index contributed by atoms with van der Waals surface area (Å²) in [7, 11) is 1.45. The predicted octanol–water partition coefficient (Wildman–Crippen LogP) is 5.23. The number of aldehydes is 1. The van der Waals surface area contributed by atoms with E-state index in [1.54, 1.807) is 0 Å². The van der Waals surface area contributed by atoms with Crippen molar-refractivity contribution in [3.05, 3.63) is 0 Å². The number of methoxy groups -OCH3 is 1. The van der Waals surface area contributed by atoms with Crippen molar-refractivity contribution < 1.29 is 19.1 Å². The SMILES string of the molecule is COC(=O)CC[C@@H](C)[C@H]1CCC2C3CC[C@@H]4C[C@H](C=O)CC[C@]4(C)C3CC(=O)[C@@]21C. The van der Waals surface area contributed by atoms with Gasteiger partial charge in [-0.25, -0.2) is 0 Å². The first-order chi connectivity index (χ1) is 14.3. The van der Waals surface area contributed by atoms with Crippen molar-refractivity contribution in [1.82, 2.24) is 0 Å². The van der Waals surface area contributed by atoms with Gasteiger partial charge in [0, 0.05) is 24.2 Å². The summed E-state index contributed by atoms with van der Waals surface area (Å²) < 4.78 is 4.84. The third kappa shape index (κ3) is 3.28. The number of carbonyl (C=O) groups is 3. The minimum Gasteiger partial charge on any atom is -0.469 e. The molecule has 0 aromatic heterocycles. The molecule has 0 saturated heterocycles. The van der Waals surface area contributed by atoms with Gasteiger partial charge in [-0.3, -0.25) is 9.59 Å². The quantitative estimate of drug-likeness (QED) is 0.455. The van der Waals surface area contributed by atoms with Crippen LogP contribution < -0.4 is 0 Å². The maximum absolute atomic E-state index is 13.8. The van der Waals surface area contributed by atoms with E-state index in [1.807, 2.05) is 0 Å². The maximum Gasteiger partial charge on any atom is 0.305 e. The lowest BCUT2D eigenvalue weighted by Crippen LogP contribution is -2.57. The lowest BCUT2D eigenvalue weighted by atomic mass is 9.43. The first-order valence-corrected chi connectivity index (χ1v) is 12.3. The van der Waals surface area contributed by atoms with Gasteiger partial charge >= 0.3 is 5.97 Å². The summed E-state index contributed by atoms with van der Waals surface area (Å²) in [4.78, 5) is 36.8. The second-order valence-corrected chi connectivity index (χ2v) is 11.5. The summed E-state index contributed by atoms with van der Waals surface area (Å²) in [5.74, 6) is 3.58. The molecule has 0 N–H and O–H groups in total. The molecular weight excluding hydrogens is 376 g/mol. The van der Waals surface area contributed by atoms with Crippen LogP contribution in [0.2, 0.25) is 0 Å². The molecule has 0 aliphatic heterocycles. The number of hydrogen-bond donors (Lipinski definition) is 0. The molecule has 3 unspecified atom stereocenters. The average Bonchev–Trinajstić information content (AvgIpc) is 3.10. The van der Waals surface area contributed by atoms with Crippen LogP contribution in [0.4, 0.5) is 0 Å². The highest BCUT2D eigenvalue weighted by molar-refractivity contribution is 5.87. The molecular formula is C26H40O4. The number of hydrogen-bond acceptors (Lipinski definition) is 4. The average molecular weight is 417 g/mol. The molecule has 0 aromatic rings. The normalized spacial score (nSPS) is 46.3. The van der Waals surface area contributed by atoms with E-state index in [0.29, 0.717) is 47.7 Å². The van der Waals surface area contributed by atoms with Crippen molar-refractivity contribution >= 4 is 18.0 Å². The van der Waals surface area contributed by atoms with E-state index in [2.05, 4.69) is 20.8 Å². The molecule has 0 bridgehead atoms. The Hall–Kier alpha value is -1.19. The Balaban J connectivity index is 1.54. The Labute approximate surface area is 181 Å². The zero-order chi connectivity index (χ0) is 21.7. The van der Waals surface area contributed by atoms with Crippen LogP contribution in [0.1, 0.15) is 85.0 Å². The molecule has 4 aliphatic rings. The standard InChI is InChI=1S/C26H40O4/c1-16(5-10-24(29)30-4)20-8-9-21-19-7-6-18-13-17(15-27)11-12-25(18,2)22(19)14-23(28)26(20,21)3/h15-22H,5-14H2,1-4H3/t16-,17-,18-,19?,20-,21?,22?,25+,26-/m1/s1. The lowest BCUT2D eigenvalue weighted by Gasteiger charge is -2.60. The zero-order valence-corrected chi connectivity index (χ0v) is 19.3. The van der Waals surface area contributed by atoms with Crippen LogP contribution in [-0.4, -0.2) is 25.1 Å². The number of ketones is 1. The molecule has 30 heavy (non-hydrogen) atoms. The summed E-state index contributed by atoms with van der Waals surface area (Å²) >= 11 is 0. The van der Waals surface area contributed by atoms with E-state index >= 15 is 0 Å². The fourth-order valence-corrected chi connectivity index (χ4v) is 8.71. The molecule has 4 aliphatic carbocycles. The minimum atomic E-state index is -0.222. The zero-order valence-electron chi connectivity index (χ0n) is 19.3. The number of esters is 1. The minimum absolute atomic E-state index is 0.145. The summed E-state index contributed by atoms with van der Waals surface area (Å²) in [6, 6.07) is 0. The number of ether oxygens (including phenoxy) is 1. The largest absolute Gasteiger partial charge is 0.469 e. The number of Topliss-reactive ketones (excluding diaryl/α,β-unsaturated/α-hetero) is 1. The molecule has 0 aromatic carbocycles. The third-order valence-electron chi connectivity index (χ3n) is 10.5. The number of rotatable bonds is 5. The Bertz CT molecular complexity index is 701. The fourth-order valence-electron chi connectivity index (χ4n) is 8.71. The Morgan fingerprint density at radius 3 is 2.63 bits per heavy atom. The topological polar surface area (TPSA) is 60.4 Å². The molecule has 4 rings (SSSR count). The van der Waals surface area contributed by atoms with Crippen molar-refractivity contribution in [3.63, 3.8) is 0 Å². The molecule has 0 spiro atoms. The van der Waals surface area contributed by atoms with Crippen molar-refractivity contribution in [1.29, 1.82) is 0 Å². The molecule has 0 heterocycles. The first-order valence-electron chi connectivity index (χ1n) is 12.3. The highest BCUT2D eigenvalue weighted by Crippen LogP contribution is 2.67. The van der Waals surface area contributed by atoms with Crippen LogP contribution in [-0.2, 0) is 19.1 Å². The smallest absolute Gasteiger partial charge is 0.305 e. The van der Waals surface area contributed by atoms with E-state index in [0.717, 1.165) is 44.9 Å². The van der Waals surface area contributed by atoms with Gasteiger partial charge < -0.3 is 9.53 Å². The lowest BCUT2D eigenvalue weighted by molar-refractivity contribution is -0.159. The molecule has 4 heteroatoms. The van der Waals surface area contributed by atoms with Gasteiger partial charge in [0.1, 0.15) is 12.1 Å². The summed E-state index contributed by atoms with van der Waals surface area (Å²) in [6.45, 7) is 6.94. The van der Waals surface area contributed by atoms with Gasteiger partial charge in [-0.1, -0.05) is 20.8 Å². The molecule has 0 amide bonds. The van der Waals surface area contributed by atoms with Crippen molar-refractivity contribution in [2.45, 2.75) is 85.0 Å². The van der Waals surface area contributed by atoms with Gasteiger partial charge in [0.05, 0.1) is 7.11 Å². The van der Waals surface area contributed by atoms with Gasteiger partial charge in [0.2, 0.25) is 0 Å². The molecule has 9 atom stereocenters. The van der Waals surface area contributed by atoms with Gasteiger partial charge in [-0.15, -0.1) is 0 Å². The van der Waals surface area contributed by atoms with Crippen LogP contribution in [0.3, 0.4) is 0 Å². The fraction of sp³-hybridized carbons (Fsp3) is 0.885. The predicted molar refractivity (Wildman–Crippen MR) is 116 cm³/mol. The maximum atomic E-state index is 13.8. The van der Waals surface area contributed by atoms with Crippen LogP contribution in [0.25, 0.3) is 0 Å². The number of carbonyl (C=O) groups excluding carboxylic acids is 3. The van der Waals surface area contributed by atoms with E-state index in [9.17, 15) is 14.4 Å². The molecule has 168 valence electrons. The summed E-state index contributed by atoms with van der Waals surface area (Å²) in [6.07, 6.45) is 11.1. The van der Waals surface area contributed by atoms with Crippen LogP contribution in [0.15, 0.2) is 0 Å². The molecule has 0 radical (unpaired) electrons. The van der Waals surface area contributed by atoms with Gasteiger partial charge in [-0.05, 0) is 92.3 Å². The van der Waals surface area contributed by atoms with Crippen LogP contribution >= 0.6 is 0 Å². The van der Waals surface area contributed by atoms with E-state index in [1.165, 1.54) is 26.2 Å². The first kappa shape index (κ1) is 22.0. The van der Waals surface area contributed by atoms with Gasteiger partial charge in [-0.2, -0.15) is 0 Å². The molecule has 4 fully saturated rings. The van der Waals surface area contributed by atoms with Crippen molar-refractivity contribution in [2.75, 3.05) is 7.11 Å². The van der Waals surface area contributed by atoms with Crippen LogP contribution in [0, 0.1) is 52.3 Å². The second kappa shape index (κ2) is 8.06. The monoisotopic (exact) mass is 416 g/mol.